The number of rotatable bonds is 4. The maximum atomic E-state index is 13.5. The van der Waals surface area contributed by atoms with Crippen LogP contribution >= 0.6 is 12.4 Å². The maximum absolute atomic E-state index is 13.5. The molecule has 8 heteroatoms. The summed E-state index contributed by atoms with van der Waals surface area (Å²) in [6, 6.07) is 7.04. The molecule has 0 radical (unpaired) electrons. The number of nitrogens with one attached hydrogen (secondary N) is 1. The van der Waals surface area contributed by atoms with Gasteiger partial charge in [-0.3, -0.25) is 4.79 Å². The molecular weight excluding hydrogens is 381 g/mol. The van der Waals surface area contributed by atoms with Crippen LogP contribution in [0.1, 0.15) is 53.5 Å². The molecular formula is C20H27ClFN5O. The van der Waals surface area contributed by atoms with Gasteiger partial charge in [0, 0.05) is 12.6 Å². The van der Waals surface area contributed by atoms with Gasteiger partial charge < -0.3 is 10.2 Å². The highest BCUT2D eigenvalue weighted by atomic mass is 35.5. The molecule has 1 aromatic heterocycles. The van der Waals surface area contributed by atoms with E-state index in [1.807, 2.05) is 22.6 Å². The molecule has 0 spiro atoms. The van der Waals surface area contributed by atoms with Crippen LogP contribution in [-0.2, 0) is 6.42 Å². The first-order chi connectivity index (χ1) is 13.1. The molecule has 1 amide bonds. The number of likely N-dealkylation sites (tertiary alicyclic amines) is 1. The first kappa shape index (κ1) is 20.7. The van der Waals surface area contributed by atoms with E-state index in [4.69, 9.17) is 0 Å². The minimum atomic E-state index is -0.232. The molecule has 1 atom stereocenters. The van der Waals surface area contributed by atoms with Gasteiger partial charge in [0.05, 0.1) is 11.7 Å². The van der Waals surface area contributed by atoms with Gasteiger partial charge in [-0.25, -0.2) is 9.07 Å². The van der Waals surface area contributed by atoms with Gasteiger partial charge in [0.1, 0.15) is 5.82 Å². The van der Waals surface area contributed by atoms with E-state index in [1.165, 1.54) is 6.07 Å². The minimum Gasteiger partial charge on any atom is -0.334 e. The number of carbonyl (C=O) groups excluding carboxylic acids is 1. The Morgan fingerprint density at radius 3 is 2.82 bits per heavy atom. The van der Waals surface area contributed by atoms with Crippen molar-refractivity contribution in [3.05, 3.63) is 47.0 Å². The van der Waals surface area contributed by atoms with E-state index in [9.17, 15) is 9.18 Å². The Balaban J connectivity index is 0.00000225. The van der Waals surface area contributed by atoms with Crippen molar-refractivity contribution in [2.75, 3.05) is 19.6 Å². The standard InChI is InChI=1S/C20H26FN5O.ClH/c1-14-19(23-24-26(14)17-7-9-22-10-8-17)20(27)25-11-3-6-18(25)13-15-4-2-5-16(21)12-15;/h2,4-5,12,17-18,22H,3,6-11,13H2,1H3;1H. The number of aromatic nitrogens is 3. The van der Waals surface area contributed by atoms with Crippen molar-refractivity contribution < 1.29 is 9.18 Å². The Labute approximate surface area is 170 Å². The Morgan fingerprint density at radius 1 is 1.29 bits per heavy atom. The molecule has 1 N–H and O–H groups in total. The summed E-state index contributed by atoms with van der Waals surface area (Å²) in [5.41, 5.74) is 2.23. The number of halogens is 2. The molecule has 6 nitrogen and oxygen atoms in total. The van der Waals surface area contributed by atoms with Gasteiger partial charge in [-0.1, -0.05) is 17.3 Å². The number of carbonyl (C=O) groups is 1. The van der Waals surface area contributed by atoms with Gasteiger partial charge >= 0.3 is 0 Å². The molecule has 4 rings (SSSR count). The highest BCUT2D eigenvalue weighted by Gasteiger charge is 2.33. The fourth-order valence-electron chi connectivity index (χ4n) is 4.32. The van der Waals surface area contributed by atoms with Gasteiger partial charge in [-0.2, -0.15) is 0 Å². The van der Waals surface area contributed by atoms with Crippen molar-refractivity contribution in [3.63, 3.8) is 0 Å². The Morgan fingerprint density at radius 2 is 2.07 bits per heavy atom. The van der Waals surface area contributed by atoms with Crippen LogP contribution in [0.2, 0.25) is 0 Å². The third kappa shape index (κ3) is 4.20. The molecule has 1 unspecified atom stereocenters. The smallest absolute Gasteiger partial charge is 0.276 e. The fourth-order valence-corrected chi connectivity index (χ4v) is 4.32. The fraction of sp³-hybridized carbons (Fsp3) is 0.550. The van der Waals surface area contributed by atoms with Crippen LogP contribution in [0.3, 0.4) is 0 Å². The van der Waals surface area contributed by atoms with Crippen LogP contribution < -0.4 is 5.32 Å². The average Bonchev–Trinajstić information content (AvgIpc) is 3.28. The molecule has 2 aliphatic heterocycles. The average molecular weight is 408 g/mol. The van der Waals surface area contributed by atoms with E-state index >= 15 is 0 Å². The Kier molecular flexibility index (Phi) is 6.67. The summed E-state index contributed by atoms with van der Waals surface area (Å²) in [5.74, 6) is -0.282. The predicted molar refractivity (Wildman–Crippen MR) is 107 cm³/mol. The molecule has 2 aliphatic rings. The summed E-state index contributed by atoms with van der Waals surface area (Å²) in [5, 5.41) is 11.9. The second-order valence-electron chi connectivity index (χ2n) is 7.58. The van der Waals surface area contributed by atoms with Crippen LogP contribution in [-0.4, -0.2) is 51.5 Å². The van der Waals surface area contributed by atoms with E-state index in [0.29, 0.717) is 18.2 Å². The minimum absolute atomic E-state index is 0. The lowest BCUT2D eigenvalue weighted by molar-refractivity contribution is 0.0729. The lowest BCUT2D eigenvalue weighted by atomic mass is 10.0. The quantitative estimate of drug-likeness (QED) is 0.846. The van der Waals surface area contributed by atoms with E-state index in [-0.39, 0.29) is 30.2 Å². The van der Waals surface area contributed by atoms with Crippen molar-refractivity contribution in [2.45, 2.75) is 51.1 Å². The van der Waals surface area contributed by atoms with Gasteiger partial charge in [-0.05, 0) is 69.8 Å². The van der Waals surface area contributed by atoms with Crippen molar-refractivity contribution in [1.82, 2.24) is 25.2 Å². The first-order valence-electron chi connectivity index (χ1n) is 9.81. The number of hydrogen-bond donors (Lipinski definition) is 1. The summed E-state index contributed by atoms with van der Waals surface area (Å²) in [7, 11) is 0. The molecule has 28 heavy (non-hydrogen) atoms. The van der Waals surface area contributed by atoms with E-state index in [1.54, 1.807) is 12.1 Å². The molecule has 2 aromatic rings. The molecule has 0 bridgehead atoms. The molecule has 3 heterocycles. The summed E-state index contributed by atoms with van der Waals surface area (Å²) < 4.78 is 15.4. The van der Waals surface area contributed by atoms with Gasteiger partial charge in [-0.15, -0.1) is 17.5 Å². The zero-order valence-electron chi connectivity index (χ0n) is 16.1. The lowest BCUT2D eigenvalue weighted by Crippen LogP contribution is -2.37. The predicted octanol–water partition coefficient (Wildman–Crippen LogP) is 2.92. The largest absolute Gasteiger partial charge is 0.334 e. The van der Waals surface area contributed by atoms with Crippen LogP contribution in [0, 0.1) is 12.7 Å². The zero-order chi connectivity index (χ0) is 18.8. The third-order valence-electron chi connectivity index (χ3n) is 5.78. The molecule has 2 saturated heterocycles. The summed E-state index contributed by atoms with van der Waals surface area (Å²) in [4.78, 5) is 15.1. The van der Waals surface area contributed by atoms with Gasteiger partial charge in [0.15, 0.2) is 5.69 Å². The normalized spacial score (nSPS) is 20.2. The molecule has 2 fully saturated rings. The highest BCUT2D eigenvalue weighted by molar-refractivity contribution is 5.93. The van der Waals surface area contributed by atoms with Crippen LogP contribution in [0.25, 0.3) is 0 Å². The van der Waals surface area contributed by atoms with E-state index in [0.717, 1.165) is 56.6 Å². The van der Waals surface area contributed by atoms with Crippen LogP contribution in [0.15, 0.2) is 24.3 Å². The first-order valence-corrected chi connectivity index (χ1v) is 9.81. The summed E-state index contributed by atoms with van der Waals surface area (Å²) in [6.07, 6.45) is 4.58. The topological polar surface area (TPSA) is 63.1 Å². The summed E-state index contributed by atoms with van der Waals surface area (Å²) in [6.45, 7) is 4.59. The molecule has 1 aromatic carbocycles. The van der Waals surface area contributed by atoms with Crippen molar-refractivity contribution in [3.8, 4) is 0 Å². The molecule has 0 aliphatic carbocycles. The third-order valence-corrected chi connectivity index (χ3v) is 5.78. The number of nitrogens with zero attached hydrogens (tertiary/aromatic N) is 4. The number of piperidine rings is 1. The zero-order valence-corrected chi connectivity index (χ0v) is 16.9. The van der Waals surface area contributed by atoms with Gasteiger partial charge in [0.25, 0.3) is 5.91 Å². The maximum Gasteiger partial charge on any atom is 0.276 e. The lowest BCUT2D eigenvalue weighted by Gasteiger charge is -2.25. The highest BCUT2D eigenvalue weighted by Crippen LogP contribution is 2.26. The number of benzene rings is 1. The van der Waals surface area contributed by atoms with Crippen LogP contribution in [0.5, 0.6) is 0 Å². The second kappa shape index (κ2) is 9.01. The SMILES string of the molecule is Cc1c(C(=O)N2CCCC2Cc2cccc(F)c2)nnn1C1CCNCC1.Cl. The summed E-state index contributed by atoms with van der Waals surface area (Å²) >= 11 is 0. The van der Waals surface area contributed by atoms with Crippen LogP contribution in [0.4, 0.5) is 4.39 Å². The van der Waals surface area contributed by atoms with Crippen molar-refractivity contribution >= 4 is 18.3 Å². The molecule has 152 valence electrons. The second-order valence-corrected chi connectivity index (χ2v) is 7.58. The van der Waals surface area contributed by atoms with Crippen molar-refractivity contribution in [1.29, 1.82) is 0 Å². The number of amides is 1. The monoisotopic (exact) mass is 407 g/mol. The van der Waals surface area contributed by atoms with E-state index in [2.05, 4.69) is 15.6 Å². The van der Waals surface area contributed by atoms with Gasteiger partial charge in [0.2, 0.25) is 0 Å². The van der Waals surface area contributed by atoms with E-state index < -0.39 is 0 Å². The molecule has 0 saturated carbocycles. The number of hydrogen-bond acceptors (Lipinski definition) is 4. The Hall–Kier alpha value is -1.99. The Bertz CT molecular complexity index is 821. The van der Waals surface area contributed by atoms with Crippen molar-refractivity contribution in [2.24, 2.45) is 0 Å².